The number of ketones is 1. The van der Waals surface area contributed by atoms with E-state index in [1.165, 1.54) is 28.0 Å². The van der Waals surface area contributed by atoms with E-state index in [0.717, 1.165) is 9.13 Å². The number of aliphatic hydroxyl groups is 1. The van der Waals surface area contributed by atoms with E-state index in [1.807, 2.05) is 30.3 Å². The first-order valence-electron chi connectivity index (χ1n) is 12.2. The van der Waals surface area contributed by atoms with E-state index in [-0.39, 0.29) is 16.5 Å². The van der Waals surface area contributed by atoms with Crippen LogP contribution in [0.5, 0.6) is 11.5 Å². The molecular formula is C28H18Cl2IN3O5S2. The Labute approximate surface area is 266 Å². The van der Waals surface area contributed by atoms with E-state index in [4.69, 9.17) is 32.7 Å². The number of thioether (sulfide) groups is 1. The average Bonchev–Trinajstić information content (AvgIpc) is 3.54. The summed E-state index contributed by atoms with van der Waals surface area (Å²) in [5.74, 6) is -0.441. The molecule has 41 heavy (non-hydrogen) atoms. The Morgan fingerprint density at radius 2 is 1.78 bits per heavy atom. The maximum absolute atomic E-state index is 13.5. The lowest BCUT2D eigenvalue weighted by atomic mass is 9.95. The number of halogens is 3. The summed E-state index contributed by atoms with van der Waals surface area (Å²) in [6.45, 7) is 0.789. The van der Waals surface area contributed by atoms with Crippen molar-refractivity contribution in [3.8, 4) is 11.5 Å². The Hall–Kier alpha value is -2.84. The minimum absolute atomic E-state index is 0.0507. The second kappa shape index (κ2) is 11.8. The summed E-state index contributed by atoms with van der Waals surface area (Å²) >= 11 is 17.1. The van der Waals surface area contributed by atoms with Gasteiger partial charge in [-0.05, 0) is 76.2 Å². The molecule has 0 spiro atoms. The number of rotatable bonds is 6. The Balaban J connectivity index is 1.37. The van der Waals surface area contributed by atoms with Crippen molar-refractivity contribution in [2.45, 2.75) is 16.1 Å². The third-order valence-corrected chi connectivity index (χ3v) is 9.82. The van der Waals surface area contributed by atoms with Crippen LogP contribution < -0.4 is 14.4 Å². The van der Waals surface area contributed by atoms with Gasteiger partial charge in [-0.25, -0.2) is 0 Å². The molecule has 1 unspecified atom stereocenters. The molecule has 0 aliphatic carbocycles. The number of hydrogen-bond donors (Lipinski definition) is 1. The number of anilines is 1. The minimum atomic E-state index is -0.920. The van der Waals surface area contributed by atoms with Crippen LogP contribution in [0.4, 0.5) is 5.13 Å². The zero-order valence-corrected chi connectivity index (χ0v) is 26.1. The lowest BCUT2D eigenvalue weighted by Gasteiger charge is -2.23. The number of benzene rings is 3. The van der Waals surface area contributed by atoms with Gasteiger partial charge < -0.3 is 14.6 Å². The summed E-state index contributed by atoms with van der Waals surface area (Å²) < 4.78 is 12.8. The van der Waals surface area contributed by atoms with E-state index in [2.05, 4.69) is 32.8 Å². The average molecular weight is 738 g/mol. The van der Waals surface area contributed by atoms with E-state index >= 15 is 0 Å². The second-order valence-corrected chi connectivity index (χ2v) is 13.2. The maximum atomic E-state index is 13.5. The number of Topliss-reactive ketones (excluding diaryl/α,β-unsaturated/α-hetero) is 1. The van der Waals surface area contributed by atoms with E-state index in [0.29, 0.717) is 56.0 Å². The van der Waals surface area contributed by atoms with Crippen molar-refractivity contribution in [1.29, 1.82) is 0 Å². The highest BCUT2D eigenvalue weighted by Gasteiger charge is 2.48. The highest BCUT2D eigenvalue weighted by molar-refractivity contribution is 14.1. The Morgan fingerprint density at radius 1 is 1.02 bits per heavy atom. The molecule has 1 aromatic heterocycles. The molecule has 3 heterocycles. The van der Waals surface area contributed by atoms with E-state index < -0.39 is 17.7 Å². The number of aromatic nitrogens is 2. The van der Waals surface area contributed by atoms with Gasteiger partial charge in [-0.2, -0.15) is 0 Å². The summed E-state index contributed by atoms with van der Waals surface area (Å²) in [5.41, 5.74) is 1.79. The molecule has 13 heteroatoms. The normalized spacial score (nSPS) is 17.7. The van der Waals surface area contributed by atoms with Gasteiger partial charge in [0.25, 0.3) is 5.78 Å². The zero-order valence-electron chi connectivity index (χ0n) is 20.8. The summed E-state index contributed by atoms with van der Waals surface area (Å²) in [7, 11) is 0. The van der Waals surface area contributed by atoms with Gasteiger partial charge in [0.2, 0.25) is 5.13 Å². The van der Waals surface area contributed by atoms with Crippen LogP contribution in [0.3, 0.4) is 0 Å². The Kier molecular flexibility index (Phi) is 8.14. The zero-order chi connectivity index (χ0) is 28.7. The molecule has 8 nitrogen and oxygen atoms in total. The van der Waals surface area contributed by atoms with Crippen molar-refractivity contribution in [3.05, 3.63) is 96.5 Å². The summed E-state index contributed by atoms with van der Waals surface area (Å²) in [6.07, 6.45) is 0. The van der Waals surface area contributed by atoms with Crippen molar-refractivity contribution >= 4 is 91.5 Å². The van der Waals surface area contributed by atoms with Crippen molar-refractivity contribution in [1.82, 2.24) is 10.2 Å². The van der Waals surface area contributed by atoms with E-state index in [1.54, 1.807) is 30.3 Å². The number of hydrogen-bond acceptors (Lipinski definition) is 9. The van der Waals surface area contributed by atoms with Crippen LogP contribution in [0, 0.1) is 3.57 Å². The molecule has 4 aromatic rings. The molecule has 0 saturated carbocycles. The first-order valence-corrected chi connectivity index (χ1v) is 15.8. The molecule has 2 aliphatic rings. The Bertz CT molecular complexity index is 1710. The van der Waals surface area contributed by atoms with Gasteiger partial charge in [0, 0.05) is 24.9 Å². The monoisotopic (exact) mass is 737 g/mol. The first-order chi connectivity index (χ1) is 19.8. The second-order valence-electron chi connectivity index (χ2n) is 8.95. The van der Waals surface area contributed by atoms with Crippen LogP contribution in [0.15, 0.2) is 70.6 Å². The number of amides is 1. The first kappa shape index (κ1) is 28.3. The molecule has 1 N–H and O–H groups in total. The fraction of sp³-hybridized carbons (Fsp3) is 0.143. The molecule has 1 fully saturated rings. The SMILES string of the molecule is O=C1C(=O)N(c2nnc(SCc3ccc(Cl)cc3Cl)s2)C(c2ccc(I)cc2)C1=C(O)c1ccc2c(c1)OCCO2. The lowest BCUT2D eigenvalue weighted by Crippen LogP contribution is -2.29. The Morgan fingerprint density at radius 3 is 2.54 bits per heavy atom. The number of carbonyl (C=O) groups excluding carboxylic acids is 2. The van der Waals surface area contributed by atoms with Crippen molar-refractivity contribution < 1.29 is 24.2 Å². The van der Waals surface area contributed by atoms with Crippen LogP contribution in [-0.4, -0.2) is 40.2 Å². The van der Waals surface area contributed by atoms with Crippen molar-refractivity contribution in [2.75, 3.05) is 18.1 Å². The number of aliphatic hydroxyl groups excluding tert-OH is 1. The van der Waals surface area contributed by atoms with Crippen LogP contribution in [0.2, 0.25) is 10.0 Å². The number of ether oxygens (including phenoxy) is 2. The number of nitrogens with zero attached hydrogens (tertiary/aromatic N) is 3. The highest BCUT2D eigenvalue weighted by Crippen LogP contribution is 2.45. The topological polar surface area (TPSA) is 102 Å². The summed E-state index contributed by atoms with van der Waals surface area (Å²) in [4.78, 5) is 28.3. The molecule has 1 saturated heterocycles. The van der Waals surface area contributed by atoms with Gasteiger partial charge in [0.1, 0.15) is 19.0 Å². The molecular weight excluding hydrogens is 720 g/mol. The standard InChI is InChI=1S/C28H18Cl2IN3O5S2/c29-17-5-1-16(19(30)12-17)13-40-28-33-32-27(41-28)34-23(14-2-6-18(31)7-3-14)22(25(36)26(34)37)24(35)15-4-8-20-21(11-15)39-10-9-38-20/h1-8,11-12,23,35H,9-10,13H2. The van der Waals surface area contributed by atoms with Crippen LogP contribution in [0.1, 0.15) is 22.7 Å². The predicted octanol–water partition coefficient (Wildman–Crippen LogP) is 7.14. The fourth-order valence-corrected chi connectivity index (χ4v) is 7.26. The van der Waals surface area contributed by atoms with Gasteiger partial charge in [-0.1, -0.05) is 64.5 Å². The molecule has 0 bridgehead atoms. The number of fused-ring (bicyclic) bond motifs is 1. The van der Waals surface area contributed by atoms with E-state index in [9.17, 15) is 14.7 Å². The van der Waals surface area contributed by atoms with Gasteiger partial charge in [-0.15, -0.1) is 10.2 Å². The molecule has 0 radical (unpaired) electrons. The predicted molar refractivity (Wildman–Crippen MR) is 167 cm³/mol. The highest BCUT2D eigenvalue weighted by atomic mass is 127. The van der Waals surface area contributed by atoms with Gasteiger partial charge in [0.15, 0.2) is 15.8 Å². The fourth-order valence-electron chi connectivity index (χ4n) is 4.47. The maximum Gasteiger partial charge on any atom is 0.301 e. The van der Waals surface area contributed by atoms with Gasteiger partial charge in [-0.3, -0.25) is 14.5 Å². The van der Waals surface area contributed by atoms with Crippen LogP contribution >= 0.6 is 68.9 Å². The largest absolute Gasteiger partial charge is 0.507 e. The molecule has 208 valence electrons. The minimum Gasteiger partial charge on any atom is -0.507 e. The third kappa shape index (κ3) is 5.65. The summed E-state index contributed by atoms with van der Waals surface area (Å²) in [5, 5.41) is 21.3. The molecule has 1 amide bonds. The van der Waals surface area contributed by atoms with Crippen LogP contribution in [-0.2, 0) is 15.3 Å². The van der Waals surface area contributed by atoms with Crippen molar-refractivity contribution in [2.24, 2.45) is 0 Å². The third-order valence-electron chi connectivity index (χ3n) is 6.41. The number of carbonyl (C=O) groups is 2. The van der Waals surface area contributed by atoms with Crippen molar-refractivity contribution in [3.63, 3.8) is 0 Å². The molecule has 3 aromatic carbocycles. The van der Waals surface area contributed by atoms with Gasteiger partial charge in [0.05, 0.1) is 11.6 Å². The molecule has 6 rings (SSSR count). The smallest absolute Gasteiger partial charge is 0.301 e. The van der Waals surface area contributed by atoms with Gasteiger partial charge >= 0.3 is 5.91 Å². The van der Waals surface area contributed by atoms with Crippen LogP contribution in [0.25, 0.3) is 5.76 Å². The lowest BCUT2D eigenvalue weighted by molar-refractivity contribution is -0.132. The molecule has 1 atom stereocenters. The molecule has 2 aliphatic heterocycles. The quantitative estimate of drug-likeness (QED) is 0.0557. The summed E-state index contributed by atoms with van der Waals surface area (Å²) in [6, 6.07) is 16.6.